The van der Waals surface area contributed by atoms with Crippen LogP contribution in [0.3, 0.4) is 0 Å². The quantitative estimate of drug-likeness (QED) is 0.367. The fourth-order valence-electron chi connectivity index (χ4n) is 4.26. The van der Waals surface area contributed by atoms with Gasteiger partial charge in [0.15, 0.2) is 6.10 Å². The average Bonchev–Trinajstić information content (AvgIpc) is 3.12. The highest BCUT2D eigenvalue weighted by molar-refractivity contribution is 6.10. The van der Waals surface area contributed by atoms with Gasteiger partial charge in [-0.1, -0.05) is 54.6 Å². The van der Waals surface area contributed by atoms with E-state index >= 15 is 0 Å². The highest BCUT2D eigenvalue weighted by Gasteiger charge is 2.17. The average molecular weight is 409 g/mol. The van der Waals surface area contributed by atoms with Gasteiger partial charge in [0.1, 0.15) is 5.75 Å². The molecule has 0 aliphatic heterocycles. The van der Waals surface area contributed by atoms with Crippen molar-refractivity contribution in [3.63, 3.8) is 0 Å². The Kier molecular flexibility index (Phi) is 4.83. The number of ether oxygens (including phenoxy) is 1. The number of fused-ring (bicyclic) bond motifs is 4. The molecule has 0 unspecified atom stereocenters. The summed E-state index contributed by atoms with van der Waals surface area (Å²) in [5.74, 6) is 0.536. The molecule has 5 rings (SSSR count). The molecule has 1 N–H and O–H groups in total. The van der Waals surface area contributed by atoms with E-state index in [0.717, 1.165) is 28.4 Å². The maximum Gasteiger partial charge on any atom is 0.265 e. The second-order valence-electron chi connectivity index (χ2n) is 7.72. The van der Waals surface area contributed by atoms with E-state index in [9.17, 15) is 4.79 Å². The predicted octanol–water partition coefficient (Wildman–Crippen LogP) is 6.37. The first-order chi connectivity index (χ1) is 15.2. The van der Waals surface area contributed by atoms with Gasteiger partial charge < -0.3 is 14.6 Å². The number of amides is 1. The molecule has 0 radical (unpaired) electrons. The molecule has 1 atom stereocenters. The molecular weight excluding hydrogens is 384 g/mol. The lowest BCUT2D eigenvalue weighted by Crippen LogP contribution is -2.30. The van der Waals surface area contributed by atoms with Gasteiger partial charge in [0.25, 0.3) is 5.91 Å². The number of hydrogen-bond donors (Lipinski definition) is 1. The summed E-state index contributed by atoms with van der Waals surface area (Å²) in [6, 6.07) is 28.3. The van der Waals surface area contributed by atoms with Crippen molar-refractivity contribution in [1.29, 1.82) is 0 Å². The van der Waals surface area contributed by atoms with Crippen LogP contribution in [0.1, 0.15) is 13.8 Å². The molecule has 4 nitrogen and oxygen atoms in total. The molecule has 0 spiro atoms. The third-order valence-corrected chi connectivity index (χ3v) is 5.78. The van der Waals surface area contributed by atoms with Gasteiger partial charge in [-0.05, 0) is 49.6 Å². The third-order valence-electron chi connectivity index (χ3n) is 5.78. The molecule has 31 heavy (non-hydrogen) atoms. The van der Waals surface area contributed by atoms with Crippen LogP contribution in [0.4, 0.5) is 5.69 Å². The van der Waals surface area contributed by atoms with Crippen LogP contribution in [0.5, 0.6) is 5.75 Å². The van der Waals surface area contributed by atoms with Crippen LogP contribution in [0, 0.1) is 0 Å². The third kappa shape index (κ3) is 3.40. The number of nitrogens with one attached hydrogen (secondary N) is 1. The van der Waals surface area contributed by atoms with Gasteiger partial charge in [0, 0.05) is 39.4 Å². The molecule has 0 aliphatic rings. The number of aromatic nitrogens is 1. The second-order valence-corrected chi connectivity index (χ2v) is 7.72. The van der Waals surface area contributed by atoms with Crippen molar-refractivity contribution < 1.29 is 9.53 Å². The Labute approximate surface area is 181 Å². The van der Waals surface area contributed by atoms with Gasteiger partial charge in [-0.2, -0.15) is 0 Å². The maximum atomic E-state index is 12.9. The lowest BCUT2D eigenvalue weighted by atomic mass is 10.1. The molecule has 0 bridgehead atoms. The summed E-state index contributed by atoms with van der Waals surface area (Å²) in [6.45, 7) is 4.82. The smallest absolute Gasteiger partial charge is 0.265 e. The molecule has 0 saturated heterocycles. The first kappa shape index (κ1) is 19.2. The van der Waals surface area contributed by atoms with E-state index in [1.54, 1.807) is 6.92 Å². The van der Waals surface area contributed by atoms with E-state index in [1.807, 2.05) is 60.7 Å². The van der Waals surface area contributed by atoms with Gasteiger partial charge in [0.05, 0.1) is 0 Å². The first-order valence-electron chi connectivity index (χ1n) is 10.6. The van der Waals surface area contributed by atoms with Crippen LogP contribution in [0.25, 0.3) is 32.6 Å². The van der Waals surface area contributed by atoms with Gasteiger partial charge in [-0.3, -0.25) is 4.79 Å². The van der Waals surface area contributed by atoms with Gasteiger partial charge in [-0.15, -0.1) is 0 Å². The van der Waals surface area contributed by atoms with Crippen molar-refractivity contribution in [3.05, 3.63) is 84.9 Å². The monoisotopic (exact) mass is 408 g/mol. The fourth-order valence-corrected chi connectivity index (χ4v) is 4.26. The first-order valence-corrected chi connectivity index (χ1v) is 10.6. The molecule has 1 amide bonds. The number of rotatable bonds is 5. The highest BCUT2D eigenvalue weighted by atomic mass is 16.5. The minimum absolute atomic E-state index is 0.175. The molecule has 1 aromatic heterocycles. The minimum atomic E-state index is -0.626. The lowest BCUT2D eigenvalue weighted by molar-refractivity contribution is -0.122. The molecule has 154 valence electrons. The van der Waals surface area contributed by atoms with Crippen molar-refractivity contribution in [2.45, 2.75) is 26.5 Å². The number of carbonyl (C=O) groups is 1. The van der Waals surface area contributed by atoms with E-state index in [1.165, 1.54) is 16.4 Å². The van der Waals surface area contributed by atoms with Crippen LogP contribution in [-0.2, 0) is 11.3 Å². The summed E-state index contributed by atoms with van der Waals surface area (Å²) in [4.78, 5) is 12.9. The number of aryl methyl sites for hydroxylation is 1. The lowest BCUT2D eigenvalue weighted by Gasteiger charge is -2.16. The minimum Gasteiger partial charge on any atom is -0.480 e. The summed E-state index contributed by atoms with van der Waals surface area (Å²) in [5.41, 5.74) is 3.14. The summed E-state index contributed by atoms with van der Waals surface area (Å²) in [7, 11) is 0. The number of carbonyl (C=O) groups excluding carboxylic acids is 1. The summed E-state index contributed by atoms with van der Waals surface area (Å²) >= 11 is 0. The molecule has 4 aromatic carbocycles. The largest absolute Gasteiger partial charge is 0.480 e. The van der Waals surface area contributed by atoms with Crippen molar-refractivity contribution in [1.82, 2.24) is 4.57 Å². The van der Waals surface area contributed by atoms with E-state index in [4.69, 9.17) is 4.74 Å². The molecule has 0 aliphatic carbocycles. The Morgan fingerprint density at radius 3 is 2.42 bits per heavy atom. The number of nitrogens with zero attached hydrogens (tertiary/aromatic N) is 1. The van der Waals surface area contributed by atoms with Crippen LogP contribution in [0.15, 0.2) is 84.9 Å². The summed E-state index contributed by atoms with van der Waals surface area (Å²) in [5, 5.41) is 7.43. The number of anilines is 1. The molecule has 0 fully saturated rings. The Hall–Kier alpha value is -3.79. The maximum absolute atomic E-state index is 12.9. The molecular formula is C27H24N2O2. The van der Waals surface area contributed by atoms with Crippen LogP contribution < -0.4 is 10.1 Å². The second kappa shape index (κ2) is 7.80. The zero-order chi connectivity index (χ0) is 21.4. The Bertz CT molecular complexity index is 1410. The summed E-state index contributed by atoms with van der Waals surface area (Å²) in [6.07, 6.45) is -0.626. The Balaban J connectivity index is 1.41. The van der Waals surface area contributed by atoms with E-state index < -0.39 is 6.10 Å². The SMILES string of the molecule is CCn1c2ccccc2c2cc(NC(=O)[C@@H](C)Oc3cccc4ccccc34)ccc21. The Morgan fingerprint density at radius 1 is 0.871 bits per heavy atom. The van der Waals surface area contributed by atoms with Crippen LogP contribution in [0.2, 0.25) is 0 Å². The van der Waals surface area contributed by atoms with Crippen LogP contribution in [-0.4, -0.2) is 16.6 Å². The number of hydrogen-bond acceptors (Lipinski definition) is 2. The number of para-hydroxylation sites is 1. The zero-order valence-corrected chi connectivity index (χ0v) is 17.6. The fraction of sp³-hybridized carbons (Fsp3) is 0.148. The van der Waals surface area contributed by atoms with Crippen LogP contribution >= 0.6 is 0 Å². The molecule has 1 heterocycles. The zero-order valence-electron chi connectivity index (χ0n) is 17.6. The van der Waals surface area contributed by atoms with Crippen molar-refractivity contribution in [2.75, 3.05) is 5.32 Å². The van der Waals surface area contributed by atoms with Gasteiger partial charge >= 0.3 is 0 Å². The molecule has 0 saturated carbocycles. The van der Waals surface area contributed by atoms with E-state index in [-0.39, 0.29) is 5.91 Å². The van der Waals surface area contributed by atoms with E-state index in [0.29, 0.717) is 5.75 Å². The summed E-state index contributed by atoms with van der Waals surface area (Å²) < 4.78 is 8.32. The number of benzene rings is 4. The van der Waals surface area contributed by atoms with Gasteiger partial charge in [-0.25, -0.2) is 0 Å². The van der Waals surface area contributed by atoms with Gasteiger partial charge in [0.2, 0.25) is 0 Å². The molecule has 5 aromatic rings. The Morgan fingerprint density at radius 2 is 1.58 bits per heavy atom. The standard InChI is InChI=1S/C27H24N2O2/c1-3-29-24-13-7-6-12-22(24)23-17-20(15-16-25(23)29)28-27(30)18(2)31-26-14-8-10-19-9-4-5-11-21(19)26/h4-18H,3H2,1-2H3,(H,28,30)/t18-/m1/s1. The van der Waals surface area contributed by atoms with Crippen molar-refractivity contribution in [3.8, 4) is 5.75 Å². The van der Waals surface area contributed by atoms with Crippen molar-refractivity contribution >= 4 is 44.2 Å². The normalized spacial score (nSPS) is 12.3. The topological polar surface area (TPSA) is 43.3 Å². The predicted molar refractivity (Wildman–Crippen MR) is 128 cm³/mol. The molecule has 4 heteroatoms. The van der Waals surface area contributed by atoms with E-state index in [2.05, 4.69) is 41.1 Å². The highest BCUT2D eigenvalue weighted by Crippen LogP contribution is 2.31. The van der Waals surface area contributed by atoms with Crippen molar-refractivity contribution in [2.24, 2.45) is 0 Å².